The highest BCUT2D eigenvalue weighted by Gasteiger charge is 2.35. The van der Waals surface area contributed by atoms with E-state index in [9.17, 15) is 14.4 Å². The minimum atomic E-state index is -0.710. The fourth-order valence-corrected chi connectivity index (χ4v) is 6.67. The van der Waals surface area contributed by atoms with Crippen LogP contribution >= 0.6 is 0 Å². The lowest BCUT2D eigenvalue weighted by Gasteiger charge is -2.13. The first-order valence-electron chi connectivity index (χ1n) is 14.3. The second kappa shape index (κ2) is 9.65. The number of carbonyl (C=O) groups excluding carboxylic acids is 3. The number of aromatic amines is 2. The van der Waals surface area contributed by atoms with Gasteiger partial charge in [-0.1, -0.05) is 27.2 Å². The molecule has 0 aliphatic carbocycles. The van der Waals surface area contributed by atoms with E-state index < -0.39 is 11.9 Å². The van der Waals surface area contributed by atoms with Crippen molar-refractivity contribution in [3.05, 3.63) is 69.1 Å². The number of esters is 2. The Morgan fingerprint density at radius 1 is 0.902 bits per heavy atom. The van der Waals surface area contributed by atoms with Crippen LogP contribution in [0.1, 0.15) is 133 Å². The van der Waals surface area contributed by atoms with Crippen molar-refractivity contribution >= 4 is 51.0 Å². The molecule has 2 N–H and O–H groups in total. The number of H-pyrrole nitrogens is 2. The first kappa shape index (κ1) is 26.9. The Kier molecular flexibility index (Phi) is 6.32. The van der Waals surface area contributed by atoms with E-state index in [2.05, 4.69) is 30.7 Å². The summed E-state index contributed by atoms with van der Waals surface area (Å²) in [6.45, 7) is 13.7. The molecule has 2 aromatic heterocycles. The van der Waals surface area contributed by atoms with Crippen molar-refractivity contribution in [1.29, 1.82) is 0 Å². The van der Waals surface area contributed by atoms with E-state index in [-0.39, 0.29) is 23.2 Å². The standard InChI is InChI=1S/C33H34N4O4/c1-8-10-20-15(4)22-11-23-16(5)27(18(7)38)26(35-23)13-21-14(3)19(9-2)25(34-21)12-24-17(6)28-31(37-24)29(30(20)36-22)33(40)41-32(28)39/h11-14,19,34,37H,8-10H2,1-7H3/t14-,19-/m1/s1. The third-order valence-corrected chi connectivity index (χ3v) is 8.92. The Bertz CT molecular complexity index is 1830. The average Bonchev–Trinajstić information content (AvgIpc) is 3.59. The number of nitrogens with zero attached hydrogens (tertiary/aromatic N) is 2. The van der Waals surface area contributed by atoms with Gasteiger partial charge in [0, 0.05) is 34.3 Å². The number of rotatable bonds is 4. The van der Waals surface area contributed by atoms with E-state index in [4.69, 9.17) is 14.7 Å². The predicted molar refractivity (Wildman–Crippen MR) is 159 cm³/mol. The summed E-state index contributed by atoms with van der Waals surface area (Å²) in [7, 11) is 0. The number of hydrogen-bond acceptors (Lipinski definition) is 6. The Morgan fingerprint density at radius 3 is 2.29 bits per heavy atom. The normalized spacial score (nSPS) is 19.1. The highest BCUT2D eigenvalue weighted by molar-refractivity contribution is 6.27. The number of Topliss-reactive ketones (excluding diaryl/α,β-unsaturated/α-hetero) is 1. The maximum atomic E-state index is 13.4. The van der Waals surface area contributed by atoms with Crippen LogP contribution in [0.25, 0.3) is 33.3 Å². The van der Waals surface area contributed by atoms with Crippen molar-refractivity contribution in [3.8, 4) is 0 Å². The van der Waals surface area contributed by atoms with E-state index in [1.165, 1.54) is 0 Å². The van der Waals surface area contributed by atoms with Crippen LogP contribution in [0.15, 0.2) is 18.2 Å². The number of carbonyl (C=O) groups is 3. The number of ketones is 1. The summed E-state index contributed by atoms with van der Waals surface area (Å²) in [5.41, 5.74) is 10.3. The van der Waals surface area contributed by atoms with Crippen LogP contribution in [0.3, 0.4) is 0 Å². The molecule has 41 heavy (non-hydrogen) atoms. The number of cyclic esters (lactones) is 2. The van der Waals surface area contributed by atoms with Gasteiger partial charge in [0.2, 0.25) is 0 Å². The molecule has 0 aromatic carbocycles. The number of nitrogens with one attached hydrogen (secondary N) is 2. The van der Waals surface area contributed by atoms with Crippen molar-refractivity contribution in [2.24, 2.45) is 0 Å². The first-order valence-corrected chi connectivity index (χ1v) is 14.3. The van der Waals surface area contributed by atoms with E-state index in [1.807, 2.05) is 39.0 Å². The third kappa shape index (κ3) is 3.99. The fourth-order valence-electron chi connectivity index (χ4n) is 6.67. The van der Waals surface area contributed by atoms with Gasteiger partial charge in [-0.25, -0.2) is 19.6 Å². The second-order valence-electron chi connectivity index (χ2n) is 11.4. The highest BCUT2D eigenvalue weighted by Crippen LogP contribution is 2.42. The lowest BCUT2D eigenvalue weighted by molar-refractivity contribution is -0.111. The summed E-state index contributed by atoms with van der Waals surface area (Å²) >= 11 is 0. The minimum absolute atomic E-state index is 0.0423. The SMILES string of the molecule is CCCC1=C(C)c2cc3nc(cc4[nH]c(cc5[nH]c6c(c1n2)C(=O)OC(=O)c6c5C)[C@H](CC)[C@H]4C)C(C(C)=O)=C3C. The number of ether oxygens (including phenoxy) is 1. The molecule has 6 heterocycles. The van der Waals surface area contributed by atoms with Crippen LogP contribution in [0.5, 0.6) is 0 Å². The molecule has 0 radical (unpaired) electrons. The van der Waals surface area contributed by atoms with Crippen LogP contribution in [0, 0.1) is 6.92 Å². The molecule has 8 bridgehead atoms. The van der Waals surface area contributed by atoms with Crippen molar-refractivity contribution < 1.29 is 19.1 Å². The monoisotopic (exact) mass is 550 g/mol. The van der Waals surface area contributed by atoms with E-state index >= 15 is 0 Å². The van der Waals surface area contributed by atoms with Gasteiger partial charge in [-0.2, -0.15) is 0 Å². The third-order valence-electron chi connectivity index (χ3n) is 8.92. The highest BCUT2D eigenvalue weighted by atomic mass is 16.6. The van der Waals surface area contributed by atoms with Crippen LogP contribution in [0.4, 0.5) is 0 Å². The summed E-state index contributed by atoms with van der Waals surface area (Å²) in [4.78, 5) is 56.1. The second-order valence-corrected chi connectivity index (χ2v) is 11.4. The number of aromatic nitrogens is 4. The average molecular weight is 551 g/mol. The molecule has 8 heteroatoms. The molecular weight excluding hydrogens is 516 g/mol. The molecule has 4 aliphatic rings. The van der Waals surface area contributed by atoms with Gasteiger partial charge in [-0.05, 0) is 81.0 Å². The van der Waals surface area contributed by atoms with Gasteiger partial charge >= 0.3 is 11.9 Å². The molecular formula is C33H34N4O4. The van der Waals surface area contributed by atoms with Crippen LogP contribution < -0.4 is 0 Å². The van der Waals surface area contributed by atoms with Gasteiger partial charge in [-0.3, -0.25) is 4.79 Å². The lowest BCUT2D eigenvalue weighted by Crippen LogP contribution is -2.20. The molecule has 2 atom stereocenters. The quantitative estimate of drug-likeness (QED) is 0.307. The first-order chi connectivity index (χ1) is 19.5. The molecule has 0 spiro atoms. The molecule has 0 fully saturated rings. The van der Waals surface area contributed by atoms with Gasteiger partial charge in [0.15, 0.2) is 5.78 Å². The molecule has 6 rings (SSSR count). The zero-order chi connectivity index (χ0) is 29.3. The molecule has 0 saturated heterocycles. The molecule has 210 valence electrons. The summed E-state index contributed by atoms with van der Waals surface area (Å²) in [5.74, 6) is -1.06. The fraction of sp³-hybridized carbons (Fsp3) is 0.364. The Balaban J connectivity index is 1.84. The Hall–Kier alpha value is -4.33. The van der Waals surface area contributed by atoms with Crippen molar-refractivity contribution in [2.75, 3.05) is 0 Å². The predicted octanol–water partition coefficient (Wildman–Crippen LogP) is 7.20. The summed E-state index contributed by atoms with van der Waals surface area (Å²) in [6, 6.07) is 5.91. The molecule has 8 nitrogen and oxygen atoms in total. The van der Waals surface area contributed by atoms with E-state index in [0.717, 1.165) is 52.0 Å². The van der Waals surface area contributed by atoms with Crippen LogP contribution in [-0.4, -0.2) is 37.7 Å². The minimum Gasteiger partial charge on any atom is -0.386 e. The zero-order valence-corrected chi connectivity index (χ0v) is 24.5. The Morgan fingerprint density at radius 2 is 1.61 bits per heavy atom. The van der Waals surface area contributed by atoms with Crippen molar-refractivity contribution in [2.45, 2.75) is 79.6 Å². The summed E-state index contributed by atoms with van der Waals surface area (Å²) < 4.78 is 5.30. The van der Waals surface area contributed by atoms with Gasteiger partial charge in [0.1, 0.15) is 5.56 Å². The number of aryl methyl sites for hydroxylation is 1. The van der Waals surface area contributed by atoms with Gasteiger partial charge in [-0.15, -0.1) is 0 Å². The number of hydrogen-bond donors (Lipinski definition) is 2. The summed E-state index contributed by atoms with van der Waals surface area (Å²) in [5, 5.41) is 0. The topological polar surface area (TPSA) is 118 Å². The smallest absolute Gasteiger partial charge is 0.350 e. The van der Waals surface area contributed by atoms with E-state index in [1.54, 1.807) is 6.92 Å². The van der Waals surface area contributed by atoms with Crippen molar-refractivity contribution in [1.82, 2.24) is 19.9 Å². The molecule has 0 unspecified atom stereocenters. The molecule has 0 amide bonds. The summed E-state index contributed by atoms with van der Waals surface area (Å²) in [6.07, 6.45) is 2.43. The van der Waals surface area contributed by atoms with Gasteiger partial charge in [0.05, 0.1) is 33.9 Å². The lowest BCUT2D eigenvalue weighted by atomic mass is 9.89. The molecule has 4 aliphatic heterocycles. The van der Waals surface area contributed by atoms with E-state index in [0.29, 0.717) is 45.8 Å². The maximum absolute atomic E-state index is 13.4. The van der Waals surface area contributed by atoms with Crippen molar-refractivity contribution in [3.63, 3.8) is 0 Å². The van der Waals surface area contributed by atoms with Gasteiger partial charge < -0.3 is 14.7 Å². The Labute approximate surface area is 238 Å². The van der Waals surface area contributed by atoms with Crippen LogP contribution in [-0.2, 0) is 9.53 Å². The van der Waals surface area contributed by atoms with Crippen LogP contribution in [0.2, 0.25) is 0 Å². The molecule has 0 saturated carbocycles. The maximum Gasteiger partial charge on any atom is 0.350 e. The number of fused-ring (bicyclic) bond motifs is 8. The molecule has 2 aromatic rings. The van der Waals surface area contributed by atoms with Gasteiger partial charge in [0.25, 0.3) is 0 Å². The largest absolute Gasteiger partial charge is 0.386 e. The number of allylic oxidation sites excluding steroid dienone is 4. The zero-order valence-electron chi connectivity index (χ0n) is 24.5.